The maximum absolute atomic E-state index is 11.6. The highest BCUT2D eigenvalue weighted by Crippen LogP contribution is 2.49. The van der Waals surface area contributed by atoms with E-state index < -0.39 is 0 Å². The molecule has 3 nitrogen and oxygen atoms in total. The molecule has 80 valence electrons. The van der Waals surface area contributed by atoms with Crippen LogP contribution in [-0.4, -0.2) is 30.6 Å². The summed E-state index contributed by atoms with van der Waals surface area (Å²) in [5.41, 5.74) is 0. The number of urea groups is 1. The van der Waals surface area contributed by atoms with E-state index in [9.17, 15) is 4.79 Å². The first-order valence-corrected chi connectivity index (χ1v) is 5.75. The number of carbonyl (C=O) groups excluding carboxylic acids is 1. The van der Waals surface area contributed by atoms with Crippen LogP contribution < -0.4 is 5.32 Å². The Bertz CT molecular complexity index is 217. The lowest BCUT2D eigenvalue weighted by Gasteiger charge is -2.15. The van der Waals surface area contributed by atoms with Gasteiger partial charge in [0.1, 0.15) is 0 Å². The molecule has 0 aromatic rings. The van der Waals surface area contributed by atoms with E-state index in [2.05, 4.69) is 5.32 Å². The van der Waals surface area contributed by atoms with E-state index in [4.69, 9.17) is 0 Å². The van der Waals surface area contributed by atoms with E-state index in [0.29, 0.717) is 6.04 Å². The van der Waals surface area contributed by atoms with E-state index in [1.807, 2.05) is 14.0 Å². The van der Waals surface area contributed by atoms with Crippen LogP contribution in [0, 0.1) is 11.8 Å². The zero-order valence-corrected chi connectivity index (χ0v) is 9.12. The van der Waals surface area contributed by atoms with Gasteiger partial charge < -0.3 is 10.2 Å². The molecule has 14 heavy (non-hydrogen) atoms. The Morgan fingerprint density at radius 3 is 2.43 bits per heavy atom. The molecule has 1 N–H and O–H groups in total. The SMILES string of the molecule is CCN(C)C(=O)NC1C2CCCCC21. The maximum Gasteiger partial charge on any atom is 0.317 e. The van der Waals surface area contributed by atoms with Crippen LogP contribution in [0.3, 0.4) is 0 Å². The van der Waals surface area contributed by atoms with E-state index in [0.717, 1.165) is 18.4 Å². The highest BCUT2D eigenvalue weighted by atomic mass is 16.2. The minimum Gasteiger partial charge on any atom is -0.335 e. The molecule has 0 bridgehead atoms. The molecule has 2 atom stereocenters. The average molecular weight is 196 g/mol. The Balaban J connectivity index is 1.79. The monoisotopic (exact) mass is 196 g/mol. The van der Waals surface area contributed by atoms with Crippen molar-refractivity contribution in [2.75, 3.05) is 13.6 Å². The summed E-state index contributed by atoms with van der Waals surface area (Å²) in [6.07, 6.45) is 5.37. The lowest BCUT2D eigenvalue weighted by molar-refractivity contribution is 0.209. The number of hydrogen-bond donors (Lipinski definition) is 1. The zero-order valence-electron chi connectivity index (χ0n) is 9.12. The third-order valence-electron chi connectivity index (χ3n) is 3.77. The molecule has 2 unspecified atom stereocenters. The molecular weight excluding hydrogens is 176 g/mol. The summed E-state index contributed by atoms with van der Waals surface area (Å²) in [7, 11) is 1.85. The van der Waals surface area contributed by atoms with Crippen molar-refractivity contribution < 1.29 is 4.79 Å². The predicted octanol–water partition coefficient (Wildman–Crippen LogP) is 1.84. The largest absolute Gasteiger partial charge is 0.335 e. The molecular formula is C11H20N2O. The Kier molecular flexibility index (Phi) is 2.66. The van der Waals surface area contributed by atoms with Gasteiger partial charge in [-0.25, -0.2) is 4.79 Å². The molecule has 2 amide bonds. The smallest absolute Gasteiger partial charge is 0.317 e. The van der Waals surface area contributed by atoms with E-state index in [-0.39, 0.29) is 6.03 Å². The lowest BCUT2D eigenvalue weighted by atomic mass is 10.0. The summed E-state index contributed by atoms with van der Waals surface area (Å²) in [6.45, 7) is 2.79. The number of fused-ring (bicyclic) bond motifs is 1. The number of hydrogen-bond acceptors (Lipinski definition) is 1. The van der Waals surface area contributed by atoms with Crippen molar-refractivity contribution >= 4 is 6.03 Å². The number of carbonyl (C=O) groups is 1. The molecule has 0 aromatic heterocycles. The molecule has 0 aliphatic heterocycles. The Labute approximate surface area is 85.8 Å². The fraction of sp³-hybridized carbons (Fsp3) is 0.909. The molecule has 2 aliphatic carbocycles. The zero-order chi connectivity index (χ0) is 10.1. The van der Waals surface area contributed by atoms with Crippen molar-refractivity contribution in [3.63, 3.8) is 0 Å². The van der Waals surface area contributed by atoms with Crippen molar-refractivity contribution in [3.8, 4) is 0 Å². The molecule has 0 aromatic carbocycles. The van der Waals surface area contributed by atoms with Crippen molar-refractivity contribution in [2.45, 2.75) is 38.6 Å². The second kappa shape index (κ2) is 3.79. The molecule has 3 heteroatoms. The Morgan fingerprint density at radius 2 is 1.93 bits per heavy atom. The van der Waals surface area contributed by atoms with Gasteiger partial charge in [-0.2, -0.15) is 0 Å². The van der Waals surface area contributed by atoms with Crippen molar-refractivity contribution in [3.05, 3.63) is 0 Å². The van der Waals surface area contributed by atoms with Gasteiger partial charge in [0.05, 0.1) is 0 Å². The van der Waals surface area contributed by atoms with Crippen LogP contribution in [0.2, 0.25) is 0 Å². The molecule has 0 heterocycles. The highest BCUT2D eigenvalue weighted by molar-refractivity contribution is 5.74. The first-order chi connectivity index (χ1) is 6.74. The van der Waals surface area contributed by atoms with Gasteiger partial charge in [0.15, 0.2) is 0 Å². The first-order valence-electron chi connectivity index (χ1n) is 5.75. The second-order valence-electron chi connectivity index (χ2n) is 4.60. The average Bonchev–Trinajstić information content (AvgIpc) is 2.91. The quantitative estimate of drug-likeness (QED) is 0.718. The van der Waals surface area contributed by atoms with Crippen LogP contribution in [-0.2, 0) is 0 Å². The van der Waals surface area contributed by atoms with Crippen LogP contribution in [0.4, 0.5) is 4.79 Å². The van der Waals surface area contributed by atoms with Crippen molar-refractivity contribution in [2.24, 2.45) is 11.8 Å². The third-order valence-corrected chi connectivity index (χ3v) is 3.77. The van der Waals surface area contributed by atoms with E-state index in [1.165, 1.54) is 25.7 Å². The molecule has 2 fully saturated rings. The van der Waals surface area contributed by atoms with Gasteiger partial charge in [-0.1, -0.05) is 12.8 Å². The van der Waals surface area contributed by atoms with Gasteiger partial charge in [0.25, 0.3) is 0 Å². The van der Waals surface area contributed by atoms with Gasteiger partial charge in [-0.3, -0.25) is 0 Å². The van der Waals surface area contributed by atoms with Crippen LogP contribution in [0.25, 0.3) is 0 Å². The number of amides is 2. The molecule has 2 aliphatic rings. The van der Waals surface area contributed by atoms with E-state index >= 15 is 0 Å². The molecule has 2 saturated carbocycles. The minimum atomic E-state index is 0.104. The van der Waals surface area contributed by atoms with Gasteiger partial charge in [0, 0.05) is 19.6 Å². The first kappa shape index (κ1) is 9.81. The Morgan fingerprint density at radius 1 is 1.36 bits per heavy atom. The fourth-order valence-electron chi connectivity index (χ4n) is 2.60. The topological polar surface area (TPSA) is 32.3 Å². The Hall–Kier alpha value is -0.730. The van der Waals surface area contributed by atoms with Crippen molar-refractivity contribution in [1.82, 2.24) is 10.2 Å². The fourth-order valence-corrected chi connectivity index (χ4v) is 2.60. The minimum absolute atomic E-state index is 0.104. The summed E-state index contributed by atoms with van der Waals surface area (Å²) in [5, 5.41) is 3.13. The van der Waals surface area contributed by atoms with Gasteiger partial charge in [-0.15, -0.1) is 0 Å². The van der Waals surface area contributed by atoms with Crippen LogP contribution in [0.5, 0.6) is 0 Å². The highest BCUT2D eigenvalue weighted by Gasteiger charge is 2.51. The molecule has 2 rings (SSSR count). The normalized spacial score (nSPS) is 34.6. The standard InChI is InChI=1S/C11H20N2O/c1-3-13(2)11(14)12-10-8-6-4-5-7-9(8)10/h8-10H,3-7H2,1-2H3,(H,12,14). The summed E-state index contributed by atoms with van der Waals surface area (Å²) in [4.78, 5) is 13.3. The van der Waals surface area contributed by atoms with Crippen LogP contribution in [0.15, 0.2) is 0 Å². The second-order valence-corrected chi connectivity index (χ2v) is 4.60. The lowest BCUT2D eigenvalue weighted by Crippen LogP contribution is -2.39. The third kappa shape index (κ3) is 1.72. The summed E-state index contributed by atoms with van der Waals surface area (Å²) >= 11 is 0. The van der Waals surface area contributed by atoms with Gasteiger partial charge in [0.2, 0.25) is 0 Å². The summed E-state index contributed by atoms with van der Waals surface area (Å²) < 4.78 is 0. The van der Waals surface area contributed by atoms with Gasteiger partial charge >= 0.3 is 6.03 Å². The summed E-state index contributed by atoms with van der Waals surface area (Å²) in [6, 6.07) is 0.603. The van der Waals surface area contributed by atoms with Gasteiger partial charge in [-0.05, 0) is 31.6 Å². The van der Waals surface area contributed by atoms with Crippen LogP contribution >= 0.6 is 0 Å². The van der Waals surface area contributed by atoms with Crippen molar-refractivity contribution in [1.29, 1.82) is 0 Å². The molecule has 0 spiro atoms. The number of nitrogens with one attached hydrogen (secondary N) is 1. The molecule has 0 radical (unpaired) electrons. The number of nitrogens with zero attached hydrogens (tertiary/aromatic N) is 1. The van der Waals surface area contributed by atoms with Crippen LogP contribution in [0.1, 0.15) is 32.6 Å². The predicted molar refractivity (Wildman–Crippen MR) is 56.1 cm³/mol. The number of rotatable bonds is 2. The van der Waals surface area contributed by atoms with E-state index in [1.54, 1.807) is 4.90 Å². The maximum atomic E-state index is 11.6. The summed E-state index contributed by atoms with van der Waals surface area (Å²) in [5.74, 6) is 1.61. The molecule has 0 saturated heterocycles.